The van der Waals surface area contributed by atoms with Crippen LogP contribution in [0.3, 0.4) is 0 Å². The molecule has 2 aliphatic heterocycles. The fraction of sp³-hybridized carbons (Fsp3) is 0.286. The first-order valence-electron chi connectivity index (χ1n) is 3.88. The second-order valence-electron chi connectivity index (χ2n) is 2.62. The third-order valence-electron chi connectivity index (χ3n) is 1.71. The molecule has 69 valence electrons. The van der Waals surface area contributed by atoms with Crippen molar-refractivity contribution in [1.82, 2.24) is 15.6 Å². The lowest BCUT2D eigenvalue weighted by atomic mass is 10.5. The van der Waals surface area contributed by atoms with Crippen LogP contribution in [0.1, 0.15) is 0 Å². The van der Waals surface area contributed by atoms with Gasteiger partial charge in [0.2, 0.25) is 0 Å². The van der Waals surface area contributed by atoms with Gasteiger partial charge in [-0.3, -0.25) is 5.01 Å². The largest absolute Gasteiger partial charge is 0.394 e. The Balaban J connectivity index is 2.13. The van der Waals surface area contributed by atoms with Crippen molar-refractivity contribution in [3.05, 3.63) is 23.1 Å². The Morgan fingerprint density at radius 3 is 3.15 bits per heavy atom. The van der Waals surface area contributed by atoms with Crippen LogP contribution in [0.25, 0.3) is 0 Å². The number of β-amino-alcohol motifs (C(OH)–C–C–N with tert-alkyl or cyclic N) is 1. The van der Waals surface area contributed by atoms with Crippen LogP contribution in [-0.4, -0.2) is 34.5 Å². The van der Waals surface area contributed by atoms with Crippen LogP contribution in [-0.2, 0) is 0 Å². The second kappa shape index (κ2) is 3.33. The standard InChI is InChI=1S/C7H9N4OS/c12-4-3-10-5-6-8-2-1-7(13)11(6)9-10/h1-2,5,9,12H,3-4H2. The summed E-state index contributed by atoms with van der Waals surface area (Å²) in [6.07, 6.45) is 5.20. The highest BCUT2D eigenvalue weighted by Crippen LogP contribution is 2.22. The fourth-order valence-corrected chi connectivity index (χ4v) is 1.33. The minimum absolute atomic E-state index is 0.0881. The minimum atomic E-state index is 0.0881. The maximum Gasteiger partial charge on any atom is 0.167 e. The first-order chi connectivity index (χ1) is 6.31. The molecule has 2 aliphatic rings. The van der Waals surface area contributed by atoms with Crippen LogP contribution in [0.2, 0.25) is 0 Å². The Kier molecular flexibility index (Phi) is 2.17. The van der Waals surface area contributed by atoms with E-state index in [0.29, 0.717) is 11.6 Å². The highest BCUT2D eigenvalue weighted by molar-refractivity contribution is 7.84. The summed E-state index contributed by atoms with van der Waals surface area (Å²) in [7, 11) is 0. The van der Waals surface area contributed by atoms with Gasteiger partial charge in [0.25, 0.3) is 0 Å². The van der Waals surface area contributed by atoms with E-state index in [1.807, 2.05) is 0 Å². The molecule has 0 aliphatic carbocycles. The van der Waals surface area contributed by atoms with E-state index in [1.54, 1.807) is 28.5 Å². The van der Waals surface area contributed by atoms with Gasteiger partial charge in [-0.1, -0.05) is 12.6 Å². The zero-order valence-electron chi connectivity index (χ0n) is 6.84. The van der Waals surface area contributed by atoms with Crippen LogP contribution in [0, 0.1) is 0 Å². The molecular weight excluding hydrogens is 188 g/mol. The number of aliphatic imine (C=N–C) groups is 1. The minimum Gasteiger partial charge on any atom is -0.394 e. The molecule has 2 heterocycles. The summed E-state index contributed by atoms with van der Waals surface area (Å²) in [5, 5.41) is 12.8. The number of rotatable bonds is 2. The molecule has 0 aromatic carbocycles. The van der Waals surface area contributed by atoms with Crippen molar-refractivity contribution in [3.8, 4) is 0 Å². The fourth-order valence-electron chi connectivity index (χ4n) is 1.13. The number of hydrogen-bond acceptors (Lipinski definition) is 5. The molecule has 0 saturated carbocycles. The van der Waals surface area contributed by atoms with Gasteiger partial charge < -0.3 is 5.11 Å². The van der Waals surface area contributed by atoms with Crippen LogP contribution >= 0.6 is 12.6 Å². The number of allylic oxidation sites excluding steroid dienone is 1. The van der Waals surface area contributed by atoms with Crippen molar-refractivity contribution in [2.75, 3.05) is 13.2 Å². The van der Waals surface area contributed by atoms with E-state index < -0.39 is 0 Å². The van der Waals surface area contributed by atoms with Gasteiger partial charge in [-0.2, -0.15) is 0 Å². The molecule has 0 spiro atoms. The SMILES string of the molecule is OCCN1C=C2N=CC=C([S])N2N1. The number of aliphatic hydroxyl groups is 1. The van der Waals surface area contributed by atoms with Crippen molar-refractivity contribution in [1.29, 1.82) is 0 Å². The maximum atomic E-state index is 8.72. The van der Waals surface area contributed by atoms with Crippen LogP contribution in [0.5, 0.6) is 0 Å². The van der Waals surface area contributed by atoms with Gasteiger partial charge in [0.15, 0.2) is 5.82 Å². The zero-order chi connectivity index (χ0) is 9.26. The van der Waals surface area contributed by atoms with Gasteiger partial charge in [-0.25, -0.2) is 10.0 Å². The van der Waals surface area contributed by atoms with Crippen LogP contribution < -0.4 is 5.53 Å². The maximum absolute atomic E-state index is 8.72. The molecule has 0 bridgehead atoms. The van der Waals surface area contributed by atoms with Crippen molar-refractivity contribution in [3.63, 3.8) is 0 Å². The number of hydrazine groups is 2. The van der Waals surface area contributed by atoms with Gasteiger partial charge in [0.05, 0.1) is 19.4 Å². The van der Waals surface area contributed by atoms with Gasteiger partial charge >= 0.3 is 0 Å². The van der Waals surface area contributed by atoms with E-state index in [9.17, 15) is 0 Å². The van der Waals surface area contributed by atoms with Crippen molar-refractivity contribution in [2.24, 2.45) is 4.99 Å². The molecule has 0 unspecified atom stereocenters. The third kappa shape index (κ3) is 1.51. The first-order valence-corrected chi connectivity index (χ1v) is 4.29. The van der Waals surface area contributed by atoms with E-state index in [2.05, 4.69) is 10.5 Å². The van der Waals surface area contributed by atoms with Crippen molar-refractivity contribution < 1.29 is 5.11 Å². The summed E-state index contributed by atoms with van der Waals surface area (Å²) < 4.78 is 0. The monoisotopic (exact) mass is 197 g/mol. The average Bonchev–Trinajstić information content (AvgIpc) is 2.49. The van der Waals surface area contributed by atoms with Crippen molar-refractivity contribution in [2.45, 2.75) is 0 Å². The third-order valence-corrected chi connectivity index (χ3v) is 2.03. The van der Waals surface area contributed by atoms with Gasteiger partial charge in [0.1, 0.15) is 5.03 Å². The molecule has 0 aromatic heterocycles. The summed E-state index contributed by atoms with van der Waals surface area (Å²) >= 11 is 5.07. The van der Waals surface area contributed by atoms with E-state index >= 15 is 0 Å². The Labute approximate surface area is 81.4 Å². The smallest absolute Gasteiger partial charge is 0.167 e. The number of nitrogens with one attached hydrogen (secondary N) is 1. The molecule has 0 fully saturated rings. The summed E-state index contributed by atoms with van der Waals surface area (Å²) in [5.41, 5.74) is 2.97. The number of hydrogen-bond donors (Lipinski definition) is 2. The second-order valence-corrected chi connectivity index (χ2v) is 3.04. The van der Waals surface area contributed by atoms with E-state index in [1.165, 1.54) is 0 Å². The molecule has 0 amide bonds. The lowest BCUT2D eigenvalue weighted by Gasteiger charge is -2.22. The lowest BCUT2D eigenvalue weighted by Crippen LogP contribution is -2.40. The Hall–Kier alpha value is -1.11. The molecule has 2 N–H and O–H groups in total. The van der Waals surface area contributed by atoms with Crippen LogP contribution in [0.4, 0.5) is 0 Å². The highest BCUT2D eigenvalue weighted by atomic mass is 32.1. The Bertz CT molecular complexity index is 299. The molecule has 0 aromatic rings. The van der Waals surface area contributed by atoms with E-state index in [0.717, 1.165) is 5.82 Å². The number of aliphatic hydroxyl groups excluding tert-OH is 1. The molecule has 1 radical (unpaired) electrons. The highest BCUT2D eigenvalue weighted by Gasteiger charge is 2.23. The Morgan fingerprint density at radius 2 is 2.46 bits per heavy atom. The number of fused-ring (bicyclic) bond motifs is 1. The molecule has 0 atom stereocenters. The van der Waals surface area contributed by atoms with Gasteiger partial charge in [0, 0.05) is 6.21 Å². The molecular formula is C7H9N4OS. The normalized spacial score (nSPS) is 20.1. The van der Waals surface area contributed by atoms with Crippen LogP contribution in [0.15, 0.2) is 28.1 Å². The molecule has 0 saturated heterocycles. The van der Waals surface area contributed by atoms with E-state index in [-0.39, 0.29) is 6.61 Å². The van der Waals surface area contributed by atoms with Gasteiger partial charge in [-0.15, -0.1) is 5.53 Å². The molecule has 2 rings (SSSR count). The molecule has 6 heteroatoms. The number of nitrogens with zero attached hydrogens (tertiary/aromatic N) is 3. The Morgan fingerprint density at radius 1 is 1.62 bits per heavy atom. The predicted octanol–water partition coefficient (Wildman–Crippen LogP) is -0.0619. The summed E-state index contributed by atoms with van der Waals surface area (Å²) in [6.45, 7) is 0.600. The molecule has 5 nitrogen and oxygen atoms in total. The van der Waals surface area contributed by atoms with Crippen molar-refractivity contribution >= 4 is 18.8 Å². The van der Waals surface area contributed by atoms with E-state index in [4.69, 9.17) is 17.7 Å². The predicted molar refractivity (Wildman–Crippen MR) is 51.0 cm³/mol. The lowest BCUT2D eigenvalue weighted by molar-refractivity contribution is 0.137. The summed E-state index contributed by atoms with van der Waals surface area (Å²) in [6, 6.07) is 0. The first kappa shape index (κ1) is 8.49. The average molecular weight is 197 g/mol. The van der Waals surface area contributed by atoms with Gasteiger partial charge in [-0.05, 0) is 6.08 Å². The topological polar surface area (TPSA) is 51.1 Å². The zero-order valence-corrected chi connectivity index (χ0v) is 7.66. The summed E-state index contributed by atoms with van der Waals surface area (Å²) in [4.78, 5) is 4.11. The molecule has 13 heavy (non-hydrogen) atoms. The summed E-state index contributed by atoms with van der Waals surface area (Å²) in [5.74, 6) is 0.751. The quantitative estimate of drug-likeness (QED) is 0.651.